The van der Waals surface area contributed by atoms with Crippen molar-refractivity contribution in [2.45, 2.75) is 38.0 Å². The third-order valence-corrected chi connectivity index (χ3v) is 2.58. The van der Waals surface area contributed by atoms with Gasteiger partial charge in [-0.1, -0.05) is 6.42 Å². The normalized spacial score (nSPS) is 32.5. The standard InChI is InChI=1S/C9H17NO2/c1-2-4-10-8(3-1)7-9-11-5-6-12-9/h8-10H,1-7H2/t8-/m1/s1. The van der Waals surface area contributed by atoms with Crippen LogP contribution in [0.3, 0.4) is 0 Å². The lowest BCUT2D eigenvalue weighted by atomic mass is 10.0. The first-order valence-electron chi connectivity index (χ1n) is 4.92. The second-order valence-electron chi connectivity index (χ2n) is 3.55. The Bertz CT molecular complexity index is 128. The SMILES string of the molecule is C1CC[C@H](CC2OCCO2)NC1. The highest BCUT2D eigenvalue weighted by Crippen LogP contribution is 2.16. The highest BCUT2D eigenvalue weighted by atomic mass is 16.7. The Kier molecular flexibility index (Phi) is 2.98. The first-order valence-corrected chi connectivity index (χ1v) is 4.92. The first-order chi connectivity index (χ1) is 5.95. The van der Waals surface area contributed by atoms with Gasteiger partial charge in [-0.05, 0) is 19.4 Å². The molecule has 2 rings (SSSR count). The molecule has 0 bridgehead atoms. The maximum absolute atomic E-state index is 5.39. The Balaban J connectivity index is 1.69. The van der Waals surface area contributed by atoms with Crippen LogP contribution in [-0.4, -0.2) is 32.1 Å². The summed E-state index contributed by atoms with van der Waals surface area (Å²) >= 11 is 0. The molecule has 3 heteroatoms. The van der Waals surface area contributed by atoms with Crippen molar-refractivity contribution in [3.63, 3.8) is 0 Å². The van der Waals surface area contributed by atoms with Crippen molar-refractivity contribution in [2.24, 2.45) is 0 Å². The van der Waals surface area contributed by atoms with E-state index < -0.39 is 0 Å². The zero-order chi connectivity index (χ0) is 8.23. The molecule has 0 saturated carbocycles. The monoisotopic (exact) mass is 171 g/mol. The third kappa shape index (κ3) is 2.19. The van der Waals surface area contributed by atoms with Gasteiger partial charge in [-0.3, -0.25) is 0 Å². The highest BCUT2D eigenvalue weighted by molar-refractivity contribution is 4.74. The summed E-state index contributed by atoms with van der Waals surface area (Å²) in [6.07, 6.45) is 5.05. The molecule has 0 radical (unpaired) electrons. The van der Waals surface area contributed by atoms with E-state index in [-0.39, 0.29) is 6.29 Å². The second-order valence-corrected chi connectivity index (χ2v) is 3.55. The average Bonchev–Trinajstić information content (AvgIpc) is 2.59. The lowest BCUT2D eigenvalue weighted by Crippen LogP contribution is -2.36. The summed E-state index contributed by atoms with van der Waals surface area (Å²) < 4.78 is 10.8. The fourth-order valence-electron chi connectivity index (χ4n) is 1.90. The molecule has 0 spiro atoms. The minimum atomic E-state index is 0.0700. The maximum atomic E-state index is 5.39. The molecule has 0 unspecified atom stereocenters. The van der Waals surface area contributed by atoms with Crippen LogP contribution in [0.25, 0.3) is 0 Å². The van der Waals surface area contributed by atoms with Crippen LogP contribution in [0.2, 0.25) is 0 Å². The van der Waals surface area contributed by atoms with Gasteiger partial charge in [0.2, 0.25) is 0 Å². The molecular weight excluding hydrogens is 154 g/mol. The van der Waals surface area contributed by atoms with Crippen molar-refractivity contribution in [2.75, 3.05) is 19.8 Å². The Morgan fingerprint density at radius 3 is 2.67 bits per heavy atom. The quantitative estimate of drug-likeness (QED) is 0.669. The van der Waals surface area contributed by atoms with Gasteiger partial charge >= 0.3 is 0 Å². The van der Waals surface area contributed by atoms with Gasteiger partial charge in [-0.25, -0.2) is 0 Å². The smallest absolute Gasteiger partial charge is 0.159 e. The zero-order valence-electron chi connectivity index (χ0n) is 7.42. The van der Waals surface area contributed by atoms with E-state index in [9.17, 15) is 0 Å². The van der Waals surface area contributed by atoms with Gasteiger partial charge in [0, 0.05) is 12.5 Å². The molecular formula is C9H17NO2. The van der Waals surface area contributed by atoms with E-state index in [4.69, 9.17) is 9.47 Å². The fourth-order valence-corrected chi connectivity index (χ4v) is 1.90. The van der Waals surface area contributed by atoms with Crippen LogP contribution < -0.4 is 5.32 Å². The topological polar surface area (TPSA) is 30.5 Å². The van der Waals surface area contributed by atoms with E-state index in [0.29, 0.717) is 6.04 Å². The number of rotatable bonds is 2. The number of nitrogens with one attached hydrogen (secondary N) is 1. The van der Waals surface area contributed by atoms with Gasteiger partial charge in [-0.15, -0.1) is 0 Å². The van der Waals surface area contributed by atoms with Crippen LogP contribution >= 0.6 is 0 Å². The van der Waals surface area contributed by atoms with E-state index in [1.54, 1.807) is 0 Å². The molecule has 2 heterocycles. The summed E-state index contributed by atoms with van der Waals surface area (Å²) in [4.78, 5) is 0. The van der Waals surface area contributed by atoms with Crippen LogP contribution in [0.1, 0.15) is 25.7 Å². The molecule has 1 atom stereocenters. The van der Waals surface area contributed by atoms with E-state index in [1.807, 2.05) is 0 Å². The van der Waals surface area contributed by atoms with Gasteiger partial charge in [-0.2, -0.15) is 0 Å². The Hall–Kier alpha value is -0.120. The van der Waals surface area contributed by atoms with E-state index in [2.05, 4.69) is 5.32 Å². The fraction of sp³-hybridized carbons (Fsp3) is 1.00. The summed E-state index contributed by atoms with van der Waals surface area (Å²) in [6, 6.07) is 0.627. The van der Waals surface area contributed by atoms with Crippen molar-refractivity contribution in [1.82, 2.24) is 5.32 Å². The van der Waals surface area contributed by atoms with Gasteiger partial charge < -0.3 is 14.8 Å². The van der Waals surface area contributed by atoms with Gasteiger partial charge in [0.25, 0.3) is 0 Å². The number of hydrogen-bond donors (Lipinski definition) is 1. The van der Waals surface area contributed by atoms with E-state index in [0.717, 1.165) is 26.2 Å². The lowest BCUT2D eigenvalue weighted by molar-refractivity contribution is -0.0541. The zero-order valence-corrected chi connectivity index (χ0v) is 7.42. The predicted molar refractivity (Wildman–Crippen MR) is 46.0 cm³/mol. The third-order valence-electron chi connectivity index (χ3n) is 2.58. The molecule has 2 aliphatic rings. The summed E-state index contributed by atoms with van der Waals surface area (Å²) in [7, 11) is 0. The highest BCUT2D eigenvalue weighted by Gasteiger charge is 2.22. The number of ether oxygens (including phenoxy) is 2. The Labute approximate surface area is 73.4 Å². The molecule has 3 nitrogen and oxygen atoms in total. The Morgan fingerprint density at radius 1 is 1.17 bits per heavy atom. The molecule has 0 aromatic heterocycles. The lowest BCUT2D eigenvalue weighted by Gasteiger charge is -2.25. The molecule has 0 aromatic rings. The minimum absolute atomic E-state index is 0.0700. The van der Waals surface area contributed by atoms with Crippen molar-refractivity contribution in [3.05, 3.63) is 0 Å². The summed E-state index contributed by atoms with van der Waals surface area (Å²) in [5.41, 5.74) is 0. The molecule has 0 amide bonds. The van der Waals surface area contributed by atoms with Gasteiger partial charge in [0.05, 0.1) is 13.2 Å². The van der Waals surface area contributed by atoms with Crippen molar-refractivity contribution in [3.8, 4) is 0 Å². The van der Waals surface area contributed by atoms with Crippen LogP contribution in [0, 0.1) is 0 Å². The van der Waals surface area contributed by atoms with Crippen molar-refractivity contribution in [1.29, 1.82) is 0 Å². The average molecular weight is 171 g/mol. The number of piperidine rings is 1. The largest absolute Gasteiger partial charge is 0.350 e. The molecule has 12 heavy (non-hydrogen) atoms. The molecule has 2 fully saturated rings. The maximum Gasteiger partial charge on any atom is 0.159 e. The number of hydrogen-bond acceptors (Lipinski definition) is 3. The molecule has 70 valence electrons. The molecule has 1 N–H and O–H groups in total. The summed E-state index contributed by atoms with van der Waals surface area (Å²) in [5.74, 6) is 0. The second kappa shape index (κ2) is 4.21. The van der Waals surface area contributed by atoms with Crippen LogP contribution in [0.15, 0.2) is 0 Å². The Morgan fingerprint density at radius 2 is 2.00 bits per heavy atom. The molecule has 0 aromatic carbocycles. The minimum Gasteiger partial charge on any atom is -0.350 e. The predicted octanol–water partition coefficient (Wildman–Crippen LogP) is 0.891. The summed E-state index contributed by atoms with van der Waals surface area (Å²) in [6.45, 7) is 2.71. The van der Waals surface area contributed by atoms with Gasteiger partial charge in [0.1, 0.15) is 0 Å². The molecule has 2 saturated heterocycles. The van der Waals surface area contributed by atoms with Crippen LogP contribution in [0.5, 0.6) is 0 Å². The van der Waals surface area contributed by atoms with E-state index in [1.165, 1.54) is 19.3 Å². The molecule has 2 aliphatic heterocycles. The van der Waals surface area contributed by atoms with Crippen LogP contribution in [-0.2, 0) is 9.47 Å². The first kappa shape index (κ1) is 8.48. The van der Waals surface area contributed by atoms with Crippen LogP contribution in [0.4, 0.5) is 0 Å². The summed E-state index contributed by atoms with van der Waals surface area (Å²) in [5, 5.41) is 3.49. The van der Waals surface area contributed by atoms with E-state index >= 15 is 0 Å². The van der Waals surface area contributed by atoms with Gasteiger partial charge in [0.15, 0.2) is 6.29 Å². The van der Waals surface area contributed by atoms with Crippen molar-refractivity contribution < 1.29 is 9.47 Å². The molecule has 0 aliphatic carbocycles. The van der Waals surface area contributed by atoms with Crippen molar-refractivity contribution >= 4 is 0 Å².